The predicted molar refractivity (Wildman–Crippen MR) is 114 cm³/mol. The number of halogens is 1. The lowest BCUT2D eigenvalue weighted by Crippen LogP contribution is -2.56. The largest absolute Gasteiger partial charge is 0.491 e. The molecule has 1 amide bonds. The Bertz CT molecular complexity index is 721. The van der Waals surface area contributed by atoms with Crippen molar-refractivity contribution >= 4 is 26.0 Å². The Morgan fingerprint density at radius 1 is 1.11 bits per heavy atom. The van der Waals surface area contributed by atoms with E-state index in [-0.39, 0.29) is 5.04 Å². The number of hydrogen-bond acceptors (Lipinski definition) is 3. The van der Waals surface area contributed by atoms with Crippen LogP contribution in [0, 0.1) is 0 Å². The Labute approximate surface area is 174 Å². The predicted octanol–water partition coefficient (Wildman–Crippen LogP) is 5.79. The van der Waals surface area contributed by atoms with Crippen molar-refractivity contribution in [1.29, 1.82) is 0 Å². The fraction of sp³-hybridized carbons (Fsp3) is 0.667. The molecule has 28 heavy (non-hydrogen) atoms. The average molecular weight is 426 g/mol. The lowest BCUT2D eigenvalue weighted by atomic mass is 9.83. The van der Waals surface area contributed by atoms with Gasteiger partial charge in [-0.1, -0.05) is 32.4 Å². The first-order valence-corrected chi connectivity index (χ1v) is 13.3. The fourth-order valence-electron chi connectivity index (χ4n) is 4.23. The number of hydrogen-bond donors (Lipinski definition) is 1. The minimum atomic E-state index is -1.95. The van der Waals surface area contributed by atoms with Gasteiger partial charge in [0, 0.05) is 5.02 Å². The van der Waals surface area contributed by atoms with E-state index in [1.807, 2.05) is 12.1 Å². The number of nitrogens with zero attached hydrogens (tertiary/aromatic N) is 1. The molecule has 0 spiro atoms. The van der Waals surface area contributed by atoms with Crippen molar-refractivity contribution in [3.63, 3.8) is 0 Å². The minimum Gasteiger partial charge on any atom is -0.491 e. The summed E-state index contributed by atoms with van der Waals surface area (Å²) in [5.74, 6) is 0.714. The van der Waals surface area contributed by atoms with Crippen LogP contribution in [0.15, 0.2) is 24.3 Å². The van der Waals surface area contributed by atoms with Crippen LogP contribution in [0.1, 0.15) is 46.5 Å². The number of benzene rings is 1. The molecule has 1 aromatic rings. The van der Waals surface area contributed by atoms with E-state index in [0.717, 1.165) is 25.7 Å². The molecule has 2 aliphatic rings. The normalized spacial score (nSPS) is 27.3. The van der Waals surface area contributed by atoms with Gasteiger partial charge in [-0.2, -0.15) is 0 Å². The highest BCUT2D eigenvalue weighted by molar-refractivity contribution is 6.74. The first kappa shape index (κ1) is 21.5. The summed E-state index contributed by atoms with van der Waals surface area (Å²) < 4.78 is 12.5. The van der Waals surface area contributed by atoms with Crippen LogP contribution in [-0.2, 0) is 4.43 Å². The second kappa shape index (κ2) is 7.22. The van der Waals surface area contributed by atoms with Crippen molar-refractivity contribution < 1.29 is 19.1 Å². The molecule has 2 saturated heterocycles. The average Bonchev–Trinajstić information content (AvgIpc) is 3.10. The lowest BCUT2D eigenvalue weighted by Gasteiger charge is -2.42. The van der Waals surface area contributed by atoms with Crippen LogP contribution >= 0.6 is 11.6 Å². The molecule has 0 unspecified atom stereocenters. The zero-order chi connectivity index (χ0) is 20.8. The Hall–Kier alpha value is -1.24. The molecule has 1 N–H and O–H groups in total. The SMILES string of the molecule is CC(C)(C)[Si](C)(C)OCC12CCC(COc3ccc(Cl)cc3)(CC1)N2C(=O)O. The van der Waals surface area contributed by atoms with Gasteiger partial charge in [-0.25, -0.2) is 4.79 Å². The number of carboxylic acid groups (broad SMARTS) is 1. The number of ether oxygens (including phenoxy) is 1. The Morgan fingerprint density at radius 3 is 2.07 bits per heavy atom. The highest BCUT2D eigenvalue weighted by Gasteiger charge is 2.63. The van der Waals surface area contributed by atoms with Crippen LogP contribution in [0.4, 0.5) is 4.79 Å². The highest BCUT2D eigenvalue weighted by atomic mass is 35.5. The summed E-state index contributed by atoms with van der Waals surface area (Å²) in [7, 11) is -1.95. The third-order valence-corrected chi connectivity index (χ3v) is 11.8. The maximum atomic E-state index is 12.3. The Kier molecular flexibility index (Phi) is 5.54. The Morgan fingerprint density at radius 2 is 1.61 bits per heavy atom. The van der Waals surface area contributed by atoms with Gasteiger partial charge in [-0.3, -0.25) is 4.90 Å². The third-order valence-electron chi connectivity index (χ3n) is 7.08. The first-order valence-electron chi connectivity index (χ1n) is 9.97. The summed E-state index contributed by atoms with van der Waals surface area (Å²) in [6.07, 6.45) is 2.42. The molecule has 5 nitrogen and oxygen atoms in total. The van der Waals surface area contributed by atoms with Gasteiger partial charge in [-0.15, -0.1) is 0 Å². The maximum Gasteiger partial charge on any atom is 0.408 e. The van der Waals surface area contributed by atoms with Crippen LogP contribution < -0.4 is 4.74 Å². The molecule has 0 radical (unpaired) electrons. The molecule has 2 bridgehead atoms. The van der Waals surface area contributed by atoms with Gasteiger partial charge in [0.25, 0.3) is 0 Å². The molecule has 7 heteroatoms. The number of carbonyl (C=O) groups is 1. The van der Waals surface area contributed by atoms with E-state index in [0.29, 0.717) is 24.0 Å². The smallest absolute Gasteiger partial charge is 0.408 e. The summed E-state index contributed by atoms with van der Waals surface area (Å²) in [5.41, 5.74) is -0.896. The van der Waals surface area contributed by atoms with Gasteiger partial charge in [-0.05, 0) is 68.1 Å². The second-order valence-corrected chi connectivity index (χ2v) is 15.1. The van der Waals surface area contributed by atoms with Crippen molar-refractivity contribution in [3.05, 3.63) is 29.3 Å². The lowest BCUT2D eigenvalue weighted by molar-refractivity contribution is 0.0359. The fourth-order valence-corrected chi connectivity index (χ4v) is 5.42. The molecule has 2 fully saturated rings. The van der Waals surface area contributed by atoms with E-state index in [1.165, 1.54) is 0 Å². The van der Waals surface area contributed by atoms with E-state index < -0.39 is 25.5 Å². The van der Waals surface area contributed by atoms with Gasteiger partial charge in [0.15, 0.2) is 8.32 Å². The molecular formula is C21H32ClNO4Si. The van der Waals surface area contributed by atoms with Crippen LogP contribution in [0.3, 0.4) is 0 Å². The molecule has 0 atom stereocenters. The van der Waals surface area contributed by atoms with Crippen LogP contribution in [0.2, 0.25) is 23.2 Å². The molecule has 156 valence electrons. The molecule has 0 saturated carbocycles. The molecule has 2 heterocycles. The Balaban J connectivity index is 1.75. The van der Waals surface area contributed by atoms with E-state index in [2.05, 4.69) is 33.9 Å². The van der Waals surface area contributed by atoms with Gasteiger partial charge in [0.05, 0.1) is 17.7 Å². The van der Waals surface area contributed by atoms with Crippen molar-refractivity contribution in [1.82, 2.24) is 4.90 Å². The van der Waals surface area contributed by atoms with Gasteiger partial charge in [0.2, 0.25) is 0 Å². The summed E-state index contributed by atoms with van der Waals surface area (Å²) in [6, 6.07) is 7.21. The van der Waals surface area contributed by atoms with Crippen molar-refractivity contribution in [3.8, 4) is 5.75 Å². The van der Waals surface area contributed by atoms with E-state index in [1.54, 1.807) is 17.0 Å². The first-order chi connectivity index (χ1) is 12.9. The third kappa shape index (κ3) is 3.79. The van der Waals surface area contributed by atoms with Gasteiger partial charge >= 0.3 is 6.09 Å². The van der Waals surface area contributed by atoms with Crippen LogP contribution in [-0.4, -0.2) is 48.7 Å². The van der Waals surface area contributed by atoms with Gasteiger partial charge < -0.3 is 14.3 Å². The highest BCUT2D eigenvalue weighted by Crippen LogP contribution is 2.54. The molecule has 3 rings (SSSR count). The molecule has 0 aliphatic carbocycles. The molecule has 1 aromatic carbocycles. The maximum absolute atomic E-state index is 12.3. The van der Waals surface area contributed by atoms with Crippen molar-refractivity contribution in [2.24, 2.45) is 0 Å². The minimum absolute atomic E-state index is 0.101. The van der Waals surface area contributed by atoms with Crippen LogP contribution in [0.25, 0.3) is 0 Å². The standard InChI is InChI=1S/C21H32ClNO4Si/c1-19(2,3)28(4,5)27-15-21-12-10-20(11-13-21,23(21)18(24)25)14-26-17-8-6-16(22)7-9-17/h6-9H,10-15H2,1-5H3,(H,24,25). The van der Waals surface area contributed by atoms with Crippen molar-refractivity contribution in [2.45, 2.75) is 75.7 Å². The summed E-state index contributed by atoms with van der Waals surface area (Å²) in [5, 5.41) is 10.8. The zero-order valence-corrected chi connectivity index (χ0v) is 19.3. The van der Waals surface area contributed by atoms with Crippen molar-refractivity contribution in [2.75, 3.05) is 13.2 Å². The quantitative estimate of drug-likeness (QED) is 0.586. The van der Waals surface area contributed by atoms with Crippen LogP contribution in [0.5, 0.6) is 5.75 Å². The van der Waals surface area contributed by atoms with E-state index in [9.17, 15) is 9.90 Å². The zero-order valence-electron chi connectivity index (χ0n) is 17.5. The molecule has 2 aliphatic heterocycles. The monoisotopic (exact) mass is 425 g/mol. The van der Waals surface area contributed by atoms with Gasteiger partial charge in [0.1, 0.15) is 12.4 Å². The molecule has 0 aromatic heterocycles. The number of rotatable bonds is 6. The summed E-state index contributed by atoms with van der Waals surface area (Å²) >= 11 is 5.93. The topological polar surface area (TPSA) is 59.0 Å². The van der Waals surface area contributed by atoms with E-state index in [4.69, 9.17) is 20.8 Å². The number of amides is 1. The molecular weight excluding hydrogens is 394 g/mol. The summed E-state index contributed by atoms with van der Waals surface area (Å²) in [4.78, 5) is 13.9. The summed E-state index contributed by atoms with van der Waals surface area (Å²) in [6.45, 7) is 11.9. The second-order valence-electron chi connectivity index (χ2n) is 9.86. The number of fused-ring (bicyclic) bond motifs is 2. The van der Waals surface area contributed by atoms with E-state index >= 15 is 0 Å².